The largest absolute Gasteiger partial charge is 0.290 e. The summed E-state index contributed by atoms with van der Waals surface area (Å²) in [5.41, 5.74) is 4.55. The van der Waals surface area contributed by atoms with Crippen LogP contribution in [0.4, 0.5) is 0 Å². The Morgan fingerprint density at radius 1 is 1.50 bits per heavy atom. The highest BCUT2D eigenvalue weighted by Gasteiger charge is 2.11. The number of nitrogens with zero attached hydrogens (tertiary/aromatic N) is 1. The number of nitrogens with two attached hydrogens (primary N) is 1. The molecule has 5 heteroatoms. The van der Waals surface area contributed by atoms with E-state index in [9.17, 15) is 4.79 Å². The molecule has 0 aliphatic rings. The van der Waals surface area contributed by atoms with E-state index < -0.39 is 0 Å². The van der Waals surface area contributed by atoms with Gasteiger partial charge in [-0.3, -0.25) is 15.3 Å². The Kier molecular flexibility index (Phi) is 2.62. The molecule has 1 amide bonds. The van der Waals surface area contributed by atoms with Crippen molar-refractivity contribution in [2.45, 2.75) is 19.8 Å². The van der Waals surface area contributed by atoms with E-state index in [0.29, 0.717) is 11.5 Å². The van der Waals surface area contributed by atoms with Gasteiger partial charge in [0.2, 0.25) is 0 Å². The number of nitrogens with one attached hydrogen (secondary N) is 2. The molecule has 0 fully saturated rings. The molecule has 2 aromatic rings. The first-order valence-corrected chi connectivity index (χ1v) is 5.12. The Hall–Kier alpha value is -1.88. The lowest BCUT2D eigenvalue weighted by Gasteiger charge is -2.02. The topological polar surface area (TPSA) is 83.8 Å². The van der Waals surface area contributed by atoms with E-state index in [2.05, 4.69) is 29.5 Å². The molecule has 5 nitrogen and oxygen atoms in total. The molecule has 1 aromatic heterocycles. The molecule has 0 atom stereocenters. The van der Waals surface area contributed by atoms with Crippen LogP contribution in [0, 0.1) is 0 Å². The van der Waals surface area contributed by atoms with Gasteiger partial charge in [0.15, 0.2) is 0 Å². The summed E-state index contributed by atoms with van der Waals surface area (Å²) in [6.07, 6.45) is 0. The second-order valence-corrected chi connectivity index (χ2v) is 4.00. The van der Waals surface area contributed by atoms with Gasteiger partial charge in [0.05, 0.1) is 11.2 Å². The van der Waals surface area contributed by atoms with Gasteiger partial charge in [0.25, 0.3) is 5.91 Å². The van der Waals surface area contributed by atoms with Gasteiger partial charge in [0.1, 0.15) is 0 Å². The lowest BCUT2D eigenvalue weighted by molar-refractivity contribution is 0.0954. The molecule has 0 aliphatic heterocycles. The Morgan fingerprint density at radius 3 is 2.88 bits per heavy atom. The number of aromatic amines is 1. The number of fused-ring (bicyclic) bond motifs is 1. The molecule has 0 saturated heterocycles. The second-order valence-electron chi connectivity index (χ2n) is 4.00. The van der Waals surface area contributed by atoms with Gasteiger partial charge in [-0.25, -0.2) is 5.84 Å². The summed E-state index contributed by atoms with van der Waals surface area (Å²) < 4.78 is 0. The maximum atomic E-state index is 11.4. The zero-order chi connectivity index (χ0) is 11.7. The van der Waals surface area contributed by atoms with Crippen LogP contribution in [-0.4, -0.2) is 16.1 Å². The van der Waals surface area contributed by atoms with Gasteiger partial charge < -0.3 is 0 Å². The summed E-state index contributed by atoms with van der Waals surface area (Å²) in [6.45, 7) is 4.12. The monoisotopic (exact) mass is 218 g/mol. The molecule has 1 heterocycles. The second kappa shape index (κ2) is 3.94. The van der Waals surface area contributed by atoms with E-state index in [4.69, 9.17) is 5.84 Å². The molecule has 0 bridgehead atoms. The number of nitrogen functional groups attached to an aromatic ring is 1. The zero-order valence-electron chi connectivity index (χ0n) is 9.24. The number of carbonyl (C=O) groups is 1. The highest BCUT2D eigenvalue weighted by molar-refractivity contribution is 5.98. The summed E-state index contributed by atoms with van der Waals surface area (Å²) in [4.78, 5) is 11.4. The molecular weight excluding hydrogens is 204 g/mol. The molecule has 84 valence electrons. The third-order valence-corrected chi connectivity index (χ3v) is 2.53. The van der Waals surface area contributed by atoms with Crippen LogP contribution in [0.25, 0.3) is 10.9 Å². The van der Waals surface area contributed by atoms with E-state index in [1.54, 1.807) is 12.1 Å². The highest BCUT2D eigenvalue weighted by atomic mass is 16.2. The Morgan fingerprint density at radius 2 is 2.25 bits per heavy atom. The predicted octanol–water partition coefficient (Wildman–Crippen LogP) is 1.29. The number of hydrogen-bond donors (Lipinski definition) is 3. The molecule has 0 saturated carbocycles. The van der Waals surface area contributed by atoms with Crippen LogP contribution in [0.15, 0.2) is 18.2 Å². The summed E-state index contributed by atoms with van der Waals surface area (Å²) in [6, 6.07) is 5.35. The zero-order valence-corrected chi connectivity index (χ0v) is 9.24. The van der Waals surface area contributed by atoms with E-state index in [0.717, 1.165) is 16.6 Å². The number of hydrazine groups is 1. The number of hydrogen-bond acceptors (Lipinski definition) is 3. The average molecular weight is 218 g/mol. The third-order valence-electron chi connectivity index (χ3n) is 2.53. The van der Waals surface area contributed by atoms with Crippen molar-refractivity contribution in [3.8, 4) is 0 Å². The molecule has 1 aromatic carbocycles. The van der Waals surface area contributed by atoms with Crippen LogP contribution >= 0.6 is 0 Å². The number of H-pyrrole nitrogens is 1. The number of aromatic nitrogens is 2. The van der Waals surface area contributed by atoms with Crippen molar-refractivity contribution in [1.29, 1.82) is 0 Å². The fraction of sp³-hybridized carbons (Fsp3) is 0.273. The van der Waals surface area contributed by atoms with Crippen LogP contribution in [0.5, 0.6) is 0 Å². The number of rotatable bonds is 2. The molecule has 0 radical (unpaired) electrons. The smallest absolute Gasteiger partial charge is 0.265 e. The first kappa shape index (κ1) is 10.6. The molecule has 16 heavy (non-hydrogen) atoms. The maximum absolute atomic E-state index is 11.4. The van der Waals surface area contributed by atoms with Crippen molar-refractivity contribution < 1.29 is 4.79 Å². The van der Waals surface area contributed by atoms with Gasteiger partial charge in [-0.2, -0.15) is 5.10 Å². The van der Waals surface area contributed by atoms with Crippen LogP contribution in [0.3, 0.4) is 0 Å². The minimum Gasteiger partial charge on any atom is -0.290 e. The van der Waals surface area contributed by atoms with E-state index in [1.165, 1.54) is 0 Å². The minimum atomic E-state index is -0.294. The standard InChI is InChI=1S/C11H14N4O/c1-6(2)10-8-5-7(11(16)13-12)3-4-9(8)14-15-10/h3-6H,12H2,1-2H3,(H,13,16)(H,14,15). The van der Waals surface area contributed by atoms with Crippen molar-refractivity contribution in [3.05, 3.63) is 29.5 Å². The summed E-state index contributed by atoms with van der Waals surface area (Å²) in [7, 11) is 0. The Balaban J connectivity index is 2.58. The molecule has 0 aliphatic carbocycles. The predicted molar refractivity (Wildman–Crippen MR) is 61.8 cm³/mol. The maximum Gasteiger partial charge on any atom is 0.265 e. The Labute approximate surface area is 93.0 Å². The fourth-order valence-corrected chi connectivity index (χ4v) is 1.70. The first-order valence-electron chi connectivity index (χ1n) is 5.12. The average Bonchev–Trinajstić information content (AvgIpc) is 2.70. The third kappa shape index (κ3) is 1.65. The summed E-state index contributed by atoms with van der Waals surface area (Å²) in [5, 5.41) is 8.14. The molecule has 0 spiro atoms. The lowest BCUT2D eigenvalue weighted by Crippen LogP contribution is -2.29. The van der Waals surface area contributed by atoms with Crippen molar-refractivity contribution in [1.82, 2.24) is 15.6 Å². The van der Waals surface area contributed by atoms with E-state index >= 15 is 0 Å². The van der Waals surface area contributed by atoms with Crippen molar-refractivity contribution >= 4 is 16.8 Å². The molecule has 4 N–H and O–H groups in total. The van der Waals surface area contributed by atoms with Crippen molar-refractivity contribution in [3.63, 3.8) is 0 Å². The normalized spacial score (nSPS) is 11.0. The fourth-order valence-electron chi connectivity index (χ4n) is 1.70. The van der Waals surface area contributed by atoms with Crippen LogP contribution in [0.1, 0.15) is 35.8 Å². The van der Waals surface area contributed by atoms with E-state index in [1.807, 2.05) is 6.07 Å². The van der Waals surface area contributed by atoms with Crippen molar-refractivity contribution in [2.24, 2.45) is 5.84 Å². The summed E-state index contributed by atoms with van der Waals surface area (Å²) >= 11 is 0. The van der Waals surface area contributed by atoms with Crippen LogP contribution < -0.4 is 11.3 Å². The van der Waals surface area contributed by atoms with Gasteiger partial charge in [-0.1, -0.05) is 13.8 Å². The molecule has 0 unspecified atom stereocenters. The van der Waals surface area contributed by atoms with E-state index in [-0.39, 0.29) is 5.91 Å². The highest BCUT2D eigenvalue weighted by Crippen LogP contribution is 2.23. The van der Waals surface area contributed by atoms with Crippen LogP contribution in [-0.2, 0) is 0 Å². The summed E-state index contributed by atoms with van der Waals surface area (Å²) in [5.74, 6) is 5.11. The number of carbonyl (C=O) groups excluding carboxylic acids is 1. The first-order chi connectivity index (χ1) is 7.63. The number of amides is 1. The molecular formula is C11H14N4O. The number of benzene rings is 1. The van der Waals surface area contributed by atoms with Gasteiger partial charge in [-0.15, -0.1) is 0 Å². The SMILES string of the molecule is CC(C)c1n[nH]c2ccc(C(=O)NN)cc12. The molecule has 2 rings (SSSR count). The lowest BCUT2D eigenvalue weighted by atomic mass is 10.0. The minimum absolute atomic E-state index is 0.294. The van der Waals surface area contributed by atoms with Crippen LogP contribution in [0.2, 0.25) is 0 Å². The van der Waals surface area contributed by atoms with Gasteiger partial charge in [-0.05, 0) is 24.1 Å². The van der Waals surface area contributed by atoms with Crippen molar-refractivity contribution in [2.75, 3.05) is 0 Å². The van der Waals surface area contributed by atoms with Gasteiger partial charge >= 0.3 is 0 Å². The quantitative estimate of drug-likeness (QED) is 0.403. The van der Waals surface area contributed by atoms with Gasteiger partial charge in [0, 0.05) is 10.9 Å². The Bertz CT molecular complexity index is 530.